The van der Waals surface area contributed by atoms with Crippen LogP contribution in [0.15, 0.2) is 24.3 Å². The zero-order valence-corrected chi connectivity index (χ0v) is 22.4. The number of alkyl halides is 1. The molecule has 2 aliphatic heterocycles. The van der Waals surface area contributed by atoms with Gasteiger partial charge < -0.3 is 20.6 Å². The van der Waals surface area contributed by atoms with Crippen molar-refractivity contribution in [2.24, 2.45) is 5.92 Å². The Morgan fingerprint density at radius 1 is 1.28 bits per heavy atom. The molecule has 0 bridgehead atoms. The second-order valence-electron chi connectivity index (χ2n) is 12.4. The first kappa shape index (κ1) is 26.9. The van der Waals surface area contributed by atoms with Gasteiger partial charge in [0.05, 0.1) is 11.5 Å². The van der Waals surface area contributed by atoms with Crippen LogP contribution in [0.3, 0.4) is 0 Å². The lowest BCUT2D eigenvalue weighted by Gasteiger charge is -2.40. The Labute approximate surface area is 226 Å². The number of fused-ring (bicyclic) bond motifs is 2. The van der Waals surface area contributed by atoms with E-state index in [-0.39, 0.29) is 37.6 Å². The first-order valence-corrected chi connectivity index (χ1v) is 13.4. The van der Waals surface area contributed by atoms with Gasteiger partial charge in [0, 0.05) is 24.2 Å². The van der Waals surface area contributed by atoms with Crippen LogP contribution in [0, 0.1) is 17.2 Å². The monoisotopic (exact) mass is 539 g/mol. The number of likely N-dealkylation sites (tertiary alicyclic amines) is 1. The molecule has 4 amide bonds. The summed E-state index contributed by atoms with van der Waals surface area (Å²) in [7, 11) is 0. The highest BCUT2D eigenvalue weighted by molar-refractivity contribution is 6.07. The largest absolute Gasteiger partial charge is 0.465 e. The van der Waals surface area contributed by atoms with Crippen LogP contribution in [-0.2, 0) is 19.8 Å². The molecule has 2 saturated carbocycles. The molecule has 4 atom stereocenters. The number of halogens is 1. The Balaban J connectivity index is 1.43. The van der Waals surface area contributed by atoms with Crippen molar-refractivity contribution in [3.05, 3.63) is 29.8 Å². The van der Waals surface area contributed by atoms with Gasteiger partial charge in [0.15, 0.2) is 0 Å². The van der Waals surface area contributed by atoms with Crippen molar-refractivity contribution < 1.29 is 28.7 Å². The summed E-state index contributed by atoms with van der Waals surface area (Å²) in [6.45, 7) is 4.74. The predicted molar refractivity (Wildman–Crippen MR) is 138 cm³/mol. The molecule has 2 heterocycles. The molecule has 1 aromatic carbocycles. The summed E-state index contributed by atoms with van der Waals surface area (Å²) in [6.07, 6.45) is 0.839. The van der Waals surface area contributed by atoms with E-state index in [1.807, 2.05) is 6.07 Å². The number of carboxylic acid groups (broad SMARTS) is 1. The average molecular weight is 540 g/mol. The van der Waals surface area contributed by atoms with E-state index in [1.54, 1.807) is 39.0 Å². The fourth-order valence-electron chi connectivity index (χ4n) is 6.11. The fraction of sp³-hybridized carbons (Fsp3) is 0.607. The SMILES string of the molecule is CC(C)(C)N(C(=O)O)C(C(=O)N[C@@H](CC1CC1)C(=O)N1C[C@]2(C[C@H]1C#N)C(=O)Nc1ccccc12)C1(F)CC1. The lowest BCUT2D eigenvalue weighted by Crippen LogP contribution is -2.63. The molecular weight excluding hydrogens is 505 g/mol. The third-order valence-electron chi connectivity index (χ3n) is 8.45. The molecule has 1 saturated heterocycles. The molecular formula is C28H34FN5O5. The quantitative estimate of drug-likeness (QED) is 0.486. The van der Waals surface area contributed by atoms with E-state index in [4.69, 9.17) is 0 Å². The van der Waals surface area contributed by atoms with Gasteiger partial charge in [-0.25, -0.2) is 9.18 Å². The van der Waals surface area contributed by atoms with Crippen molar-refractivity contribution in [2.75, 3.05) is 11.9 Å². The van der Waals surface area contributed by atoms with Crippen LogP contribution in [-0.4, -0.2) is 74.6 Å². The highest BCUT2D eigenvalue weighted by Gasteiger charge is 2.60. The summed E-state index contributed by atoms with van der Waals surface area (Å²) < 4.78 is 15.5. The molecule has 208 valence electrons. The summed E-state index contributed by atoms with van der Waals surface area (Å²) in [5, 5.41) is 25.4. The van der Waals surface area contributed by atoms with Crippen LogP contribution in [0.25, 0.3) is 0 Å². The molecule has 2 aliphatic carbocycles. The topological polar surface area (TPSA) is 143 Å². The number of anilines is 1. The van der Waals surface area contributed by atoms with Crippen molar-refractivity contribution in [3.8, 4) is 6.07 Å². The van der Waals surface area contributed by atoms with Gasteiger partial charge in [-0.15, -0.1) is 0 Å². The van der Waals surface area contributed by atoms with E-state index in [2.05, 4.69) is 16.7 Å². The number of hydrogen-bond acceptors (Lipinski definition) is 5. The fourth-order valence-corrected chi connectivity index (χ4v) is 6.11. The number of amides is 4. The van der Waals surface area contributed by atoms with Crippen molar-refractivity contribution in [1.29, 1.82) is 5.26 Å². The van der Waals surface area contributed by atoms with Crippen molar-refractivity contribution in [3.63, 3.8) is 0 Å². The second-order valence-corrected chi connectivity index (χ2v) is 12.4. The van der Waals surface area contributed by atoms with E-state index in [0.717, 1.165) is 23.3 Å². The van der Waals surface area contributed by atoms with Gasteiger partial charge in [-0.1, -0.05) is 31.0 Å². The molecule has 4 aliphatic rings. The van der Waals surface area contributed by atoms with Crippen molar-refractivity contribution >= 4 is 29.5 Å². The zero-order chi connectivity index (χ0) is 28.3. The summed E-state index contributed by atoms with van der Waals surface area (Å²) in [5.41, 5.74) is -2.78. The second kappa shape index (κ2) is 9.21. The van der Waals surface area contributed by atoms with Crippen LogP contribution >= 0.6 is 0 Å². The molecule has 0 radical (unpaired) electrons. The summed E-state index contributed by atoms with van der Waals surface area (Å²) >= 11 is 0. The zero-order valence-electron chi connectivity index (χ0n) is 22.4. The van der Waals surface area contributed by atoms with Gasteiger partial charge in [0.2, 0.25) is 17.7 Å². The first-order chi connectivity index (χ1) is 18.3. The number of rotatable bonds is 7. The van der Waals surface area contributed by atoms with Gasteiger partial charge in [0.1, 0.15) is 23.8 Å². The minimum Gasteiger partial charge on any atom is -0.465 e. The first-order valence-electron chi connectivity index (χ1n) is 13.4. The number of nitriles is 1. The maximum atomic E-state index is 15.5. The normalized spacial score (nSPS) is 26.3. The number of benzene rings is 1. The Morgan fingerprint density at radius 3 is 2.51 bits per heavy atom. The lowest BCUT2D eigenvalue weighted by atomic mass is 9.80. The minimum atomic E-state index is -2.01. The number of carbonyl (C=O) groups is 4. The Kier molecular flexibility index (Phi) is 6.35. The molecule has 1 aromatic rings. The molecule has 5 rings (SSSR count). The van der Waals surface area contributed by atoms with Crippen LogP contribution in [0.5, 0.6) is 0 Å². The Hall–Kier alpha value is -3.68. The van der Waals surface area contributed by atoms with Crippen LogP contribution < -0.4 is 10.6 Å². The van der Waals surface area contributed by atoms with Crippen molar-refractivity contribution in [1.82, 2.24) is 15.1 Å². The number of hydrogen-bond donors (Lipinski definition) is 3. The van der Waals surface area contributed by atoms with E-state index in [9.17, 15) is 29.5 Å². The number of nitrogens with one attached hydrogen (secondary N) is 2. The highest BCUT2D eigenvalue weighted by atomic mass is 19.1. The van der Waals surface area contributed by atoms with E-state index >= 15 is 4.39 Å². The lowest BCUT2D eigenvalue weighted by molar-refractivity contribution is -0.140. The molecule has 1 spiro atoms. The van der Waals surface area contributed by atoms with Gasteiger partial charge >= 0.3 is 6.09 Å². The Morgan fingerprint density at radius 2 is 1.95 bits per heavy atom. The van der Waals surface area contributed by atoms with E-state index < -0.39 is 52.7 Å². The maximum absolute atomic E-state index is 15.5. The molecule has 0 aromatic heterocycles. The summed E-state index contributed by atoms with van der Waals surface area (Å²) in [4.78, 5) is 55.1. The standard InChI is InChI=1S/C28H34FN5O5/c1-26(2,3)34(25(38)39)21(28(29)10-11-28)22(35)31-20(12-16-8-9-16)23(36)33-15-27(13-17(33)14-30)18-6-4-5-7-19(18)32-24(27)37/h4-7,16-17,20-21H,8-13,15H2,1-3H3,(H,31,35)(H,32,37)(H,38,39)/t17-,20-,21?,27-/m0/s1. The minimum absolute atomic E-state index is 0.0241. The molecule has 3 N–H and O–H groups in total. The smallest absolute Gasteiger partial charge is 0.408 e. The molecule has 39 heavy (non-hydrogen) atoms. The van der Waals surface area contributed by atoms with Crippen LogP contribution in [0.4, 0.5) is 14.9 Å². The van der Waals surface area contributed by atoms with Gasteiger partial charge in [0.25, 0.3) is 0 Å². The summed E-state index contributed by atoms with van der Waals surface area (Å²) in [5.74, 6) is -1.48. The van der Waals surface area contributed by atoms with Gasteiger partial charge in [-0.3, -0.25) is 19.3 Å². The Bertz CT molecular complexity index is 1260. The van der Waals surface area contributed by atoms with E-state index in [1.165, 1.54) is 4.90 Å². The van der Waals surface area contributed by atoms with Gasteiger partial charge in [-0.2, -0.15) is 5.26 Å². The molecule has 10 nitrogen and oxygen atoms in total. The predicted octanol–water partition coefficient (Wildman–Crippen LogP) is 2.94. The molecule has 3 fully saturated rings. The highest BCUT2D eigenvalue weighted by Crippen LogP contribution is 2.48. The third-order valence-corrected chi connectivity index (χ3v) is 8.45. The summed E-state index contributed by atoms with van der Waals surface area (Å²) in [6, 6.07) is 5.75. The van der Waals surface area contributed by atoms with Crippen LogP contribution in [0.2, 0.25) is 0 Å². The van der Waals surface area contributed by atoms with E-state index in [0.29, 0.717) is 12.1 Å². The average Bonchev–Trinajstić information content (AvgIpc) is 3.77. The number of para-hydroxylation sites is 1. The van der Waals surface area contributed by atoms with Crippen molar-refractivity contribution in [2.45, 2.75) is 94.0 Å². The van der Waals surface area contributed by atoms with Gasteiger partial charge in [-0.05, 0) is 57.6 Å². The third kappa shape index (κ3) is 4.70. The molecule has 11 heteroatoms. The maximum Gasteiger partial charge on any atom is 0.408 e. The van der Waals surface area contributed by atoms with Crippen LogP contribution in [0.1, 0.15) is 64.9 Å². The number of nitrogens with zero attached hydrogens (tertiary/aromatic N) is 3. The molecule has 1 unspecified atom stereocenters. The number of carbonyl (C=O) groups excluding carboxylic acids is 3.